The first-order valence-corrected chi connectivity index (χ1v) is 7.01. The maximum Gasteiger partial charge on any atom is 0.311 e. The minimum absolute atomic E-state index is 0.229. The van der Waals surface area contributed by atoms with Crippen molar-refractivity contribution in [2.45, 2.75) is 13.8 Å². The van der Waals surface area contributed by atoms with Crippen LogP contribution in [0.3, 0.4) is 0 Å². The second-order valence-electron chi connectivity index (χ2n) is 5.16. The highest BCUT2D eigenvalue weighted by atomic mass is 16.5. The summed E-state index contributed by atoms with van der Waals surface area (Å²) in [7, 11) is 0. The summed E-state index contributed by atoms with van der Waals surface area (Å²) in [4.78, 5) is 0. The third-order valence-corrected chi connectivity index (χ3v) is 3.37. The molecule has 0 fully saturated rings. The van der Waals surface area contributed by atoms with Gasteiger partial charge in [-0.05, 0) is 25.5 Å². The Morgan fingerprint density at radius 2 is 1.59 bits per heavy atom. The van der Waals surface area contributed by atoms with Gasteiger partial charge in [0.1, 0.15) is 5.76 Å². The first-order valence-electron chi connectivity index (χ1n) is 7.01. The Bertz CT molecular complexity index is 820. The molecule has 110 valence electrons. The standard InChI is InChI=1S/C18H16N2O2/c1-12-8-9-15(13(2)10-12)19-20-16-11-17(22-18(16)21)14-6-4-3-5-7-14/h3-11,21H,1-2H3. The molecule has 22 heavy (non-hydrogen) atoms. The fourth-order valence-electron chi connectivity index (χ4n) is 2.21. The van der Waals surface area contributed by atoms with E-state index < -0.39 is 0 Å². The topological polar surface area (TPSA) is 58.1 Å². The van der Waals surface area contributed by atoms with Gasteiger partial charge in [-0.15, -0.1) is 5.11 Å². The maximum absolute atomic E-state index is 9.86. The van der Waals surface area contributed by atoms with Crippen molar-refractivity contribution in [3.8, 4) is 17.3 Å². The fourth-order valence-corrected chi connectivity index (χ4v) is 2.21. The van der Waals surface area contributed by atoms with E-state index in [-0.39, 0.29) is 5.95 Å². The van der Waals surface area contributed by atoms with Gasteiger partial charge in [0, 0.05) is 11.6 Å². The molecular formula is C18H16N2O2. The second-order valence-corrected chi connectivity index (χ2v) is 5.16. The van der Waals surface area contributed by atoms with Crippen molar-refractivity contribution in [3.63, 3.8) is 0 Å². The molecule has 0 unspecified atom stereocenters. The summed E-state index contributed by atoms with van der Waals surface area (Å²) in [5, 5.41) is 18.1. The van der Waals surface area contributed by atoms with E-state index in [9.17, 15) is 5.11 Å². The molecule has 1 heterocycles. The molecule has 0 saturated carbocycles. The normalized spacial score (nSPS) is 11.2. The molecule has 0 spiro atoms. The molecular weight excluding hydrogens is 276 g/mol. The van der Waals surface area contributed by atoms with Gasteiger partial charge >= 0.3 is 5.95 Å². The van der Waals surface area contributed by atoms with E-state index in [0.29, 0.717) is 11.4 Å². The number of aryl methyl sites for hydroxylation is 2. The summed E-state index contributed by atoms with van der Waals surface area (Å²) < 4.78 is 5.34. The Balaban J connectivity index is 1.90. The van der Waals surface area contributed by atoms with Crippen molar-refractivity contribution >= 4 is 11.4 Å². The van der Waals surface area contributed by atoms with Gasteiger partial charge in [-0.25, -0.2) is 0 Å². The Kier molecular flexibility index (Phi) is 3.74. The molecule has 2 aromatic carbocycles. The van der Waals surface area contributed by atoms with Crippen molar-refractivity contribution in [1.29, 1.82) is 0 Å². The minimum Gasteiger partial charge on any atom is -0.479 e. The van der Waals surface area contributed by atoms with Gasteiger partial charge in [-0.3, -0.25) is 0 Å². The van der Waals surface area contributed by atoms with Crippen molar-refractivity contribution in [2.24, 2.45) is 10.2 Å². The van der Waals surface area contributed by atoms with Crippen LogP contribution in [0, 0.1) is 13.8 Å². The molecule has 0 radical (unpaired) electrons. The number of hydrogen-bond acceptors (Lipinski definition) is 4. The van der Waals surface area contributed by atoms with Crippen LogP contribution >= 0.6 is 0 Å². The molecule has 0 bridgehead atoms. The molecule has 4 heteroatoms. The molecule has 1 N–H and O–H groups in total. The summed E-state index contributed by atoms with van der Waals surface area (Å²) in [5.41, 5.74) is 4.18. The lowest BCUT2D eigenvalue weighted by Gasteiger charge is -1.99. The van der Waals surface area contributed by atoms with E-state index in [1.807, 2.05) is 62.4 Å². The van der Waals surface area contributed by atoms with Gasteiger partial charge < -0.3 is 9.52 Å². The van der Waals surface area contributed by atoms with Crippen LogP contribution in [0.5, 0.6) is 5.95 Å². The zero-order chi connectivity index (χ0) is 15.5. The first-order chi connectivity index (χ1) is 10.6. The predicted octanol–water partition coefficient (Wildman–Crippen LogP) is 5.68. The van der Waals surface area contributed by atoms with Gasteiger partial charge in [0.15, 0.2) is 5.69 Å². The Morgan fingerprint density at radius 1 is 0.864 bits per heavy atom. The predicted molar refractivity (Wildman–Crippen MR) is 85.9 cm³/mol. The van der Waals surface area contributed by atoms with E-state index in [0.717, 1.165) is 16.8 Å². The molecule has 0 aliphatic heterocycles. The smallest absolute Gasteiger partial charge is 0.311 e. The van der Waals surface area contributed by atoms with Crippen molar-refractivity contribution in [1.82, 2.24) is 0 Å². The molecule has 0 saturated heterocycles. The highest BCUT2D eigenvalue weighted by molar-refractivity contribution is 5.64. The number of azo groups is 1. The van der Waals surface area contributed by atoms with Crippen LogP contribution in [-0.4, -0.2) is 5.11 Å². The molecule has 3 rings (SSSR count). The Labute approximate surface area is 128 Å². The van der Waals surface area contributed by atoms with E-state index in [1.165, 1.54) is 5.56 Å². The van der Waals surface area contributed by atoms with Gasteiger partial charge in [0.05, 0.1) is 5.69 Å². The van der Waals surface area contributed by atoms with E-state index in [4.69, 9.17) is 4.42 Å². The number of benzene rings is 2. The summed E-state index contributed by atoms with van der Waals surface area (Å²) in [6.45, 7) is 4.01. The summed E-state index contributed by atoms with van der Waals surface area (Å²) in [6.07, 6.45) is 0. The van der Waals surface area contributed by atoms with Gasteiger partial charge in [-0.2, -0.15) is 5.11 Å². The van der Waals surface area contributed by atoms with Gasteiger partial charge in [0.25, 0.3) is 0 Å². The molecule has 3 aromatic rings. The van der Waals surface area contributed by atoms with Crippen LogP contribution < -0.4 is 0 Å². The third-order valence-electron chi connectivity index (χ3n) is 3.37. The van der Waals surface area contributed by atoms with Crippen molar-refractivity contribution in [2.75, 3.05) is 0 Å². The average Bonchev–Trinajstić information content (AvgIpc) is 2.88. The molecule has 1 aromatic heterocycles. The van der Waals surface area contributed by atoms with E-state index in [2.05, 4.69) is 10.2 Å². The van der Waals surface area contributed by atoms with Crippen LogP contribution in [0.2, 0.25) is 0 Å². The number of furan rings is 1. The summed E-state index contributed by atoms with van der Waals surface area (Å²) in [5.74, 6) is 0.333. The highest BCUT2D eigenvalue weighted by Gasteiger charge is 2.11. The molecule has 4 nitrogen and oxygen atoms in total. The van der Waals surface area contributed by atoms with Gasteiger partial charge in [0.2, 0.25) is 0 Å². The number of aromatic hydroxyl groups is 1. The zero-order valence-corrected chi connectivity index (χ0v) is 12.4. The lowest BCUT2D eigenvalue weighted by Crippen LogP contribution is -1.76. The van der Waals surface area contributed by atoms with Crippen LogP contribution in [0.25, 0.3) is 11.3 Å². The number of nitrogens with zero attached hydrogens (tertiary/aromatic N) is 2. The van der Waals surface area contributed by atoms with Crippen LogP contribution in [0.15, 0.2) is 69.2 Å². The fraction of sp³-hybridized carbons (Fsp3) is 0.111. The molecule has 0 amide bonds. The van der Waals surface area contributed by atoms with Crippen molar-refractivity contribution < 1.29 is 9.52 Å². The summed E-state index contributed by atoms with van der Waals surface area (Å²) in [6, 6.07) is 17.2. The SMILES string of the molecule is Cc1ccc(N=Nc2cc(-c3ccccc3)oc2O)c(C)c1. The van der Waals surface area contributed by atoms with Crippen LogP contribution in [-0.2, 0) is 0 Å². The molecule has 0 aliphatic carbocycles. The molecule has 0 atom stereocenters. The highest BCUT2D eigenvalue weighted by Crippen LogP contribution is 2.36. The first kappa shape index (κ1) is 14.1. The minimum atomic E-state index is -0.229. The Hall–Kier alpha value is -2.88. The van der Waals surface area contributed by atoms with E-state index in [1.54, 1.807) is 6.07 Å². The number of rotatable bonds is 3. The monoisotopic (exact) mass is 292 g/mol. The third kappa shape index (κ3) is 2.91. The number of hydrogen-bond donors (Lipinski definition) is 1. The zero-order valence-electron chi connectivity index (χ0n) is 12.4. The maximum atomic E-state index is 9.86. The average molecular weight is 292 g/mol. The Morgan fingerprint density at radius 3 is 2.32 bits per heavy atom. The second kappa shape index (κ2) is 5.85. The quantitative estimate of drug-likeness (QED) is 0.631. The van der Waals surface area contributed by atoms with E-state index >= 15 is 0 Å². The van der Waals surface area contributed by atoms with Crippen molar-refractivity contribution in [3.05, 3.63) is 65.7 Å². The lowest BCUT2D eigenvalue weighted by atomic mass is 10.1. The molecule has 0 aliphatic rings. The largest absolute Gasteiger partial charge is 0.479 e. The van der Waals surface area contributed by atoms with Gasteiger partial charge in [-0.1, -0.05) is 48.0 Å². The summed E-state index contributed by atoms with van der Waals surface area (Å²) >= 11 is 0. The van der Waals surface area contributed by atoms with Crippen LogP contribution in [0.1, 0.15) is 11.1 Å². The lowest BCUT2D eigenvalue weighted by molar-refractivity contribution is 0.339. The van der Waals surface area contributed by atoms with Crippen LogP contribution in [0.4, 0.5) is 11.4 Å².